The van der Waals surface area contributed by atoms with Crippen LogP contribution in [0.3, 0.4) is 0 Å². The van der Waals surface area contributed by atoms with E-state index in [1.807, 2.05) is 20.8 Å². The van der Waals surface area contributed by atoms with Crippen LogP contribution in [0.2, 0.25) is 0 Å². The highest BCUT2D eigenvalue weighted by atomic mass is 16.6. The minimum Gasteiger partial charge on any atom is -0.493 e. The summed E-state index contributed by atoms with van der Waals surface area (Å²) in [6.45, 7) is 8.02. The number of aliphatic hydroxyl groups excluding tert-OH is 1. The highest BCUT2D eigenvalue weighted by molar-refractivity contribution is 5.71. The Kier molecular flexibility index (Phi) is 11.7. The van der Waals surface area contributed by atoms with Gasteiger partial charge in [0.15, 0.2) is 6.61 Å². The fourth-order valence-corrected chi connectivity index (χ4v) is 2.83. The SMILES string of the molecule is CCCCCCCCCCOc1cc(CO)cc(OCC(=O)OC(C)(C)C)c1. The minimum absolute atomic E-state index is 0.113. The summed E-state index contributed by atoms with van der Waals surface area (Å²) in [5.74, 6) is 0.709. The van der Waals surface area contributed by atoms with Gasteiger partial charge in [0.05, 0.1) is 13.2 Å². The fraction of sp³-hybridized carbons (Fsp3) is 0.696. The van der Waals surface area contributed by atoms with Crippen LogP contribution in [-0.2, 0) is 16.1 Å². The molecule has 5 nitrogen and oxygen atoms in total. The monoisotopic (exact) mass is 394 g/mol. The highest BCUT2D eigenvalue weighted by Crippen LogP contribution is 2.24. The molecule has 0 radical (unpaired) electrons. The second kappa shape index (κ2) is 13.4. The molecule has 1 N–H and O–H groups in total. The molecular weight excluding hydrogens is 356 g/mol. The van der Waals surface area contributed by atoms with Gasteiger partial charge in [-0.2, -0.15) is 0 Å². The van der Waals surface area contributed by atoms with Crippen molar-refractivity contribution in [3.05, 3.63) is 23.8 Å². The van der Waals surface area contributed by atoms with E-state index in [-0.39, 0.29) is 13.2 Å². The van der Waals surface area contributed by atoms with Crippen molar-refractivity contribution in [1.29, 1.82) is 0 Å². The smallest absolute Gasteiger partial charge is 0.344 e. The lowest BCUT2D eigenvalue weighted by atomic mass is 10.1. The zero-order valence-electron chi connectivity index (χ0n) is 18.1. The molecule has 0 amide bonds. The first kappa shape index (κ1) is 24.3. The van der Waals surface area contributed by atoms with Crippen LogP contribution in [0.4, 0.5) is 0 Å². The first-order valence-corrected chi connectivity index (χ1v) is 10.6. The quantitative estimate of drug-likeness (QED) is 0.337. The molecule has 28 heavy (non-hydrogen) atoms. The predicted octanol–water partition coefficient (Wildman–Crippen LogP) is 5.42. The molecule has 0 unspecified atom stereocenters. The van der Waals surface area contributed by atoms with Crippen LogP contribution >= 0.6 is 0 Å². The van der Waals surface area contributed by atoms with E-state index in [1.165, 1.54) is 38.5 Å². The van der Waals surface area contributed by atoms with Crippen molar-refractivity contribution in [2.24, 2.45) is 0 Å². The molecule has 0 bridgehead atoms. The normalized spacial score (nSPS) is 11.3. The van der Waals surface area contributed by atoms with Crippen LogP contribution in [0.1, 0.15) is 84.6 Å². The van der Waals surface area contributed by atoms with Gasteiger partial charge >= 0.3 is 5.97 Å². The maximum Gasteiger partial charge on any atom is 0.344 e. The number of ether oxygens (including phenoxy) is 3. The summed E-state index contributed by atoms with van der Waals surface area (Å²) in [7, 11) is 0. The third kappa shape index (κ3) is 11.9. The average molecular weight is 395 g/mol. The third-order valence-electron chi connectivity index (χ3n) is 4.17. The lowest BCUT2D eigenvalue weighted by Gasteiger charge is -2.19. The molecule has 0 spiro atoms. The molecule has 0 fully saturated rings. The highest BCUT2D eigenvalue weighted by Gasteiger charge is 2.16. The Morgan fingerprint density at radius 1 is 0.893 bits per heavy atom. The van der Waals surface area contributed by atoms with Crippen molar-refractivity contribution in [3.8, 4) is 11.5 Å². The first-order chi connectivity index (χ1) is 13.3. The van der Waals surface area contributed by atoms with Crippen LogP contribution < -0.4 is 9.47 Å². The maximum absolute atomic E-state index is 11.8. The van der Waals surface area contributed by atoms with Crippen molar-refractivity contribution in [2.45, 2.75) is 91.3 Å². The largest absolute Gasteiger partial charge is 0.493 e. The van der Waals surface area contributed by atoms with E-state index in [0.717, 1.165) is 12.8 Å². The molecule has 0 atom stereocenters. The molecule has 0 aliphatic heterocycles. The van der Waals surface area contributed by atoms with Gasteiger partial charge in [-0.3, -0.25) is 0 Å². The number of benzene rings is 1. The first-order valence-electron chi connectivity index (χ1n) is 10.6. The fourth-order valence-electron chi connectivity index (χ4n) is 2.83. The van der Waals surface area contributed by atoms with E-state index in [1.54, 1.807) is 18.2 Å². The number of esters is 1. The van der Waals surface area contributed by atoms with Crippen molar-refractivity contribution in [2.75, 3.05) is 13.2 Å². The maximum atomic E-state index is 11.8. The van der Waals surface area contributed by atoms with Gasteiger partial charge in [0.2, 0.25) is 0 Å². The van der Waals surface area contributed by atoms with Gasteiger partial charge in [-0.05, 0) is 44.9 Å². The van der Waals surface area contributed by atoms with Crippen LogP contribution in [0.25, 0.3) is 0 Å². The predicted molar refractivity (Wildman–Crippen MR) is 112 cm³/mol. The van der Waals surface area contributed by atoms with Crippen LogP contribution in [0.5, 0.6) is 11.5 Å². The summed E-state index contributed by atoms with van der Waals surface area (Å²) < 4.78 is 16.6. The Morgan fingerprint density at radius 3 is 2.04 bits per heavy atom. The van der Waals surface area contributed by atoms with E-state index in [0.29, 0.717) is 23.7 Å². The van der Waals surface area contributed by atoms with E-state index in [4.69, 9.17) is 14.2 Å². The van der Waals surface area contributed by atoms with Crippen molar-refractivity contribution >= 4 is 5.97 Å². The molecule has 1 aromatic carbocycles. The van der Waals surface area contributed by atoms with Gasteiger partial charge in [0.1, 0.15) is 17.1 Å². The van der Waals surface area contributed by atoms with E-state index >= 15 is 0 Å². The zero-order valence-corrected chi connectivity index (χ0v) is 18.1. The van der Waals surface area contributed by atoms with Gasteiger partial charge in [0, 0.05) is 6.07 Å². The van der Waals surface area contributed by atoms with E-state index in [9.17, 15) is 9.90 Å². The third-order valence-corrected chi connectivity index (χ3v) is 4.17. The number of rotatable bonds is 14. The molecule has 5 heteroatoms. The molecule has 0 saturated carbocycles. The van der Waals surface area contributed by atoms with Gasteiger partial charge in [-0.1, -0.05) is 51.9 Å². The van der Waals surface area contributed by atoms with Crippen LogP contribution in [-0.4, -0.2) is 29.9 Å². The van der Waals surface area contributed by atoms with Crippen molar-refractivity contribution in [3.63, 3.8) is 0 Å². The minimum atomic E-state index is -0.544. The molecule has 0 aliphatic carbocycles. The van der Waals surface area contributed by atoms with Gasteiger partial charge in [0.25, 0.3) is 0 Å². The van der Waals surface area contributed by atoms with Gasteiger partial charge < -0.3 is 19.3 Å². The van der Waals surface area contributed by atoms with E-state index < -0.39 is 11.6 Å². The number of aliphatic hydroxyl groups is 1. The van der Waals surface area contributed by atoms with Gasteiger partial charge in [-0.25, -0.2) is 4.79 Å². The summed E-state index contributed by atoms with van der Waals surface area (Å²) in [5, 5.41) is 9.44. The molecule has 0 saturated heterocycles. The summed E-state index contributed by atoms with van der Waals surface area (Å²) >= 11 is 0. The topological polar surface area (TPSA) is 65.0 Å². The summed E-state index contributed by atoms with van der Waals surface area (Å²) in [4.78, 5) is 11.8. The molecule has 0 aliphatic rings. The Labute approximate surface area is 170 Å². The molecule has 1 aromatic rings. The molecule has 1 rings (SSSR count). The summed E-state index contributed by atoms with van der Waals surface area (Å²) in [5.41, 5.74) is 0.144. The summed E-state index contributed by atoms with van der Waals surface area (Å²) in [6.07, 6.45) is 9.99. The standard InChI is InChI=1S/C23H38O5/c1-5-6-7-8-9-10-11-12-13-26-20-14-19(17-24)15-21(16-20)27-18-22(25)28-23(2,3)4/h14-16,24H,5-13,17-18H2,1-4H3. The molecular formula is C23H38O5. The Hall–Kier alpha value is -1.75. The summed E-state index contributed by atoms with van der Waals surface area (Å²) in [6, 6.07) is 5.24. The lowest BCUT2D eigenvalue weighted by Crippen LogP contribution is -2.27. The molecule has 0 aromatic heterocycles. The molecule has 0 heterocycles. The Morgan fingerprint density at radius 2 is 1.46 bits per heavy atom. The number of hydrogen-bond donors (Lipinski definition) is 1. The number of hydrogen-bond acceptors (Lipinski definition) is 5. The van der Waals surface area contributed by atoms with Crippen molar-refractivity contribution in [1.82, 2.24) is 0 Å². The Balaban J connectivity index is 2.37. The van der Waals surface area contributed by atoms with Crippen molar-refractivity contribution < 1.29 is 24.1 Å². The number of unbranched alkanes of at least 4 members (excludes halogenated alkanes) is 7. The lowest BCUT2D eigenvalue weighted by molar-refractivity contribution is -0.157. The Bertz CT molecular complexity index is 563. The van der Waals surface area contributed by atoms with Gasteiger partial charge in [-0.15, -0.1) is 0 Å². The van der Waals surface area contributed by atoms with E-state index in [2.05, 4.69) is 6.92 Å². The molecule has 160 valence electrons. The van der Waals surface area contributed by atoms with Crippen LogP contribution in [0.15, 0.2) is 18.2 Å². The second-order valence-corrected chi connectivity index (χ2v) is 8.17. The zero-order chi connectivity index (χ0) is 20.8. The van der Waals surface area contributed by atoms with Crippen LogP contribution in [0, 0.1) is 0 Å². The second-order valence-electron chi connectivity index (χ2n) is 8.17. The average Bonchev–Trinajstić information content (AvgIpc) is 2.63. The number of carbonyl (C=O) groups is 1. The number of carbonyl (C=O) groups excluding carboxylic acids is 1.